The molecule has 0 spiro atoms. The zero-order valence-corrected chi connectivity index (χ0v) is 9.95. The number of nitrogens with one attached hydrogen (secondary N) is 2. The van der Waals surface area contributed by atoms with Gasteiger partial charge >= 0.3 is 0 Å². The van der Waals surface area contributed by atoms with Crippen LogP contribution in [-0.2, 0) is 11.2 Å². The average molecular weight is 257 g/mol. The number of hydrogen-bond donors (Lipinski definition) is 4. The van der Waals surface area contributed by atoms with Crippen LogP contribution < -0.4 is 16.5 Å². The minimum absolute atomic E-state index is 0.127. The first-order valence-electron chi connectivity index (χ1n) is 4.30. The van der Waals surface area contributed by atoms with Gasteiger partial charge in [0.15, 0.2) is 5.11 Å². The predicted molar refractivity (Wildman–Crippen MR) is 66.9 cm³/mol. The van der Waals surface area contributed by atoms with Gasteiger partial charge in [-0.3, -0.25) is 10.0 Å². The van der Waals surface area contributed by atoms with E-state index in [0.717, 1.165) is 9.75 Å². The second-order valence-electron chi connectivity index (χ2n) is 2.95. The lowest BCUT2D eigenvalue weighted by molar-refractivity contribution is -0.128. The van der Waals surface area contributed by atoms with Crippen LogP contribution in [0.4, 0.5) is 0 Å². The van der Waals surface area contributed by atoms with Crippen LogP contribution in [-0.4, -0.2) is 16.2 Å². The smallest absolute Gasteiger partial charge is 0.248 e. The number of thiophene rings is 1. The van der Waals surface area contributed by atoms with Gasteiger partial charge in [-0.05, 0) is 24.4 Å². The number of rotatable bonds is 4. The van der Waals surface area contributed by atoms with Crippen molar-refractivity contribution in [3.05, 3.63) is 28.5 Å². The maximum atomic E-state index is 10.9. The summed E-state index contributed by atoms with van der Waals surface area (Å²) in [5.41, 5.74) is 7.47. The minimum atomic E-state index is -0.457. The molecule has 0 bridgehead atoms. The Morgan fingerprint density at radius 2 is 2.31 bits per heavy atom. The van der Waals surface area contributed by atoms with Crippen LogP contribution in [0.5, 0.6) is 0 Å². The van der Waals surface area contributed by atoms with Crippen LogP contribution in [0.1, 0.15) is 9.75 Å². The van der Waals surface area contributed by atoms with Crippen molar-refractivity contribution in [3.8, 4) is 0 Å². The van der Waals surface area contributed by atoms with E-state index in [1.165, 1.54) is 11.3 Å². The molecule has 1 aromatic heterocycles. The molecule has 7 heteroatoms. The highest BCUT2D eigenvalue weighted by atomic mass is 32.1. The molecule has 1 rings (SSSR count). The highest BCUT2D eigenvalue weighted by molar-refractivity contribution is 7.80. The molecule has 1 heterocycles. The zero-order valence-electron chi connectivity index (χ0n) is 8.32. The van der Waals surface area contributed by atoms with Crippen LogP contribution >= 0.6 is 23.6 Å². The summed E-state index contributed by atoms with van der Waals surface area (Å²) in [4.78, 5) is 12.6. The largest absolute Gasteiger partial charge is 0.376 e. The molecule has 0 aromatic carbocycles. The Bertz CT molecular complexity index is 428. The summed E-state index contributed by atoms with van der Waals surface area (Å²) in [6, 6.07) is 3.58. The molecular formula is C9H11N3O2S2. The third-order valence-corrected chi connectivity index (χ3v) is 2.94. The van der Waals surface area contributed by atoms with Crippen molar-refractivity contribution in [1.82, 2.24) is 10.8 Å². The van der Waals surface area contributed by atoms with Crippen molar-refractivity contribution < 1.29 is 10.0 Å². The average Bonchev–Trinajstić information content (AvgIpc) is 2.65. The highest BCUT2D eigenvalue weighted by Crippen LogP contribution is 2.21. The maximum absolute atomic E-state index is 10.9. The van der Waals surface area contributed by atoms with E-state index in [1.54, 1.807) is 17.6 Å². The first kappa shape index (κ1) is 12.6. The summed E-state index contributed by atoms with van der Waals surface area (Å²) in [5, 5.41) is 11.2. The molecule has 16 heavy (non-hydrogen) atoms. The summed E-state index contributed by atoms with van der Waals surface area (Å²) < 4.78 is 0. The molecule has 0 radical (unpaired) electrons. The molecule has 0 aliphatic rings. The highest BCUT2D eigenvalue weighted by Gasteiger charge is 2.07. The molecular weight excluding hydrogens is 246 g/mol. The van der Waals surface area contributed by atoms with E-state index >= 15 is 0 Å². The molecule has 0 atom stereocenters. The summed E-state index contributed by atoms with van der Waals surface area (Å²) in [5.74, 6) is -0.457. The Labute approximate surface area is 102 Å². The molecule has 0 unspecified atom stereocenters. The van der Waals surface area contributed by atoms with Gasteiger partial charge in [0.2, 0.25) is 5.91 Å². The van der Waals surface area contributed by atoms with Crippen molar-refractivity contribution in [2.45, 2.75) is 6.42 Å². The van der Waals surface area contributed by atoms with Gasteiger partial charge in [-0.2, -0.15) is 0 Å². The Hall–Kier alpha value is -1.44. The Kier molecular flexibility index (Phi) is 4.41. The molecule has 86 valence electrons. The molecule has 5 N–H and O–H groups in total. The molecule has 0 aliphatic heterocycles. The number of carbonyl (C=O) groups excluding carboxylic acids is 1. The van der Waals surface area contributed by atoms with Gasteiger partial charge in [0.25, 0.3) is 0 Å². The lowest BCUT2D eigenvalue weighted by atomic mass is 10.3. The van der Waals surface area contributed by atoms with E-state index in [2.05, 4.69) is 24.1 Å². The third-order valence-electron chi connectivity index (χ3n) is 1.69. The number of thiocarbonyl (C=S) groups is 1. The Balaban J connectivity index is 2.67. The van der Waals surface area contributed by atoms with E-state index in [-0.39, 0.29) is 11.5 Å². The maximum Gasteiger partial charge on any atom is 0.248 e. The Morgan fingerprint density at radius 3 is 2.88 bits per heavy atom. The number of hydrogen-bond acceptors (Lipinski definition) is 4. The van der Waals surface area contributed by atoms with Crippen molar-refractivity contribution in [2.75, 3.05) is 0 Å². The normalized spacial score (nSPS) is 9.56. The van der Waals surface area contributed by atoms with Crippen LogP contribution in [0.3, 0.4) is 0 Å². The zero-order chi connectivity index (χ0) is 12.1. The van der Waals surface area contributed by atoms with E-state index < -0.39 is 5.91 Å². The topological polar surface area (TPSA) is 87.4 Å². The fourth-order valence-electron chi connectivity index (χ4n) is 1.04. The lowest BCUT2D eigenvalue weighted by Gasteiger charge is -2.03. The number of nitrogens with two attached hydrogens (primary N) is 1. The van der Waals surface area contributed by atoms with Gasteiger partial charge in [-0.25, -0.2) is 5.48 Å². The molecule has 0 saturated carbocycles. The van der Waals surface area contributed by atoms with E-state index in [1.807, 2.05) is 0 Å². The summed E-state index contributed by atoms with van der Waals surface area (Å²) >= 11 is 6.06. The first-order valence-corrected chi connectivity index (χ1v) is 5.52. The van der Waals surface area contributed by atoms with Crippen LogP contribution in [0.15, 0.2) is 18.7 Å². The molecule has 1 aromatic rings. The summed E-state index contributed by atoms with van der Waals surface area (Å²) in [6.07, 6.45) is 0.127. The van der Waals surface area contributed by atoms with Crippen molar-refractivity contribution >= 4 is 40.3 Å². The van der Waals surface area contributed by atoms with Gasteiger partial charge in [-0.1, -0.05) is 6.58 Å². The SMILES string of the molecule is C=C(NC(N)=S)c1ccc(CC(=O)NO)s1. The minimum Gasteiger partial charge on any atom is -0.376 e. The van der Waals surface area contributed by atoms with E-state index in [0.29, 0.717) is 5.70 Å². The molecule has 0 fully saturated rings. The quantitative estimate of drug-likeness (QED) is 0.360. The van der Waals surface area contributed by atoms with Crippen molar-refractivity contribution in [1.29, 1.82) is 0 Å². The number of carbonyl (C=O) groups is 1. The molecule has 5 nitrogen and oxygen atoms in total. The van der Waals surface area contributed by atoms with Gasteiger partial charge in [0.1, 0.15) is 0 Å². The monoisotopic (exact) mass is 257 g/mol. The Morgan fingerprint density at radius 1 is 1.62 bits per heavy atom. The fraction of sp³-hybridized carbons (Fsp3) is 0.111. The standard InChI is InChI=1S/C9H11N3O2S2/c1-5(11-9(10)15)7-3-2-6(16-7)4-8(13)12-14/h2-3,14H,1,4H2,(H,12,13)(H3,10,11,15). The second kappa shape index (κ2) is 5.59. The summed E-state index contributed by atoms with van der Waals surface area (Å²) in [6.45, 7) is 3.76. The van der Waals surface area contributed by atoms with Crippen LogP contribution in [0.2, 0.25) is 0 Å². The van der Waals surface area contributed by atoms with Crippen LogP contribution in [0.25, 0.3) is 5.70 Å². The third kappa shape index (κ3) is 3.61. The predicted octanol–water partition coefficient (Wildman–Crippen LogP) is 0.600. The van der Waals surface area contributed by atoms with Gasteiger partial charge in [-0.15, -0.1) is 11.3 Å². The second-order valence-corrected chi connectivity index (χ2v) is 4.55. The van der Waals surface area contributed by atoms with Gasteiger partial charge in [0.05, 0.1) is 17.0 Å². The van der Waals surface area contributed by atoms with Gasteiger partial charge in [0, 0.05) is 4.88 Å². The molecule has 1 amide bonds. The van der Waals surface area contributed by atoms with E-state index in [4.69, 9.17) is 10.9 Å². The number of amides is 1. The lowest BCUT2D eigenvalue weighted by Crippen LogP contribution is -2.26. The first-order chi connectivity index (χ1) is 7.52. The van der Waals surface area contributed by atoms with Crippen LogP contribution in [0, 0.1) is 0 Å². The van der Waals surface area contributed by atoms with Crippen molar-refractivity contribution in [3.63, 3.8) is 0 Å². The fourth-order valence-corrected chi connectivity index (χ4v) is 2.10. The molecule has 0 saturated heterocycles. The van der Waals surface area contributed by atoms with Gasteiger partial charge < -0.3 is 11.1 Å². The van der Waals surface area contributed by atoms with Crippen molar-refractivity contribution in [2.24, 2.45) is 5.73 Å². The number of hydroxylamine groups is 1. The molecule has 0 aliphatic carbocycles. The summed E-state index contributed by atoms with van der Waals surface area (Å²) in [7, 11) is 0. The van der Waals surface area contributed by atoms with E-state index in [9.17, 15) is 4.79 Å².